The van der Waals surface area contributed by atoms with E-state index in [1.54, 1.807) is 24.3 Å². The van der Waals surface area contributed by atoms with Crippen LogP contribution in [0.2, 0.25) is 0 Å². The number of benzene rings is 2. The van der Waals surface area contributed by atoms with E-state index in [0.29, 0.717) is 11.5 Å². The molecule has 0 fully saturated rings. The Hall–Kier alpha value is -2.13. The van der Waals surface area contributed by atoms with Gasteiger partial charge < -0.3 is 9.47 Å². The van der Waals surface area contributed by atoms with E-state index in [2.05, 4.69) is 22.6 Å². The van der Waals surface area contributed by atoms with Gasteiger partial charge in [-0.1, -0.05) is 12.1 Å². The number of nitrogens with two attached hydrogens (primary N) is 1. The minimum atomic E-state index is -0.402. The third-order valence-corrected chi connectivity index (χ3v) is 3.92. The normalized spacial score (nSPS) is 10.7. The van der Waals surface area contributed by atoms with Gasteiger partial charge >= 0.3 is 0 Å². The van der Waals surface area contributed by atoms with Crippen LogP contribution in [0.1, 0.15) is 11.1 Å². The molecule has 0 aliphatic carbocycles. The van der Waals surface area contributed by atoms with Crippen molar-refractivity contribution in [2.45, 2.75) is 6.61 Å². The monoisotopic (exact) mass is 442 g/mol. The number of ether oxygens (including phenoxy) is 2. The molecule has 2 aromatic carbocycles. The molecule has 0 radical (unpaired) electrons. The quantitative estimate of drug-likeness (QED) is 0.237. The molecule has 0 bridgehead atoms. The van der Waals surface area contributed by atoms with Crippen molar-refractivity contribution >= 4 is 34.6 Å². The van der Waals surface area contributed by atoms with E-state index in [-0.39, 0.29) is 12.4 Å². The molecular formula is C17H16FIN2O3. The van der Waals surface area contributed by atoms with Gasteiger partial charge in [0.1, 0.15) is 12.4 Å². The van der Waals surface area contributed by atoms with Crippen molar-refractivity contribution in [3.63, 3.8) is 0 Å². The molecule has 0 saturated carbocycles. The topological polar surface area (TPSA) is 73.6 Å². The maximum Gasteiger partial charge on any atom is 0.257 e. The molecular weight excluding hydrogens is 426 g/mol. The van der Waals surface area contributed by atoms with Crippen LogP contribution in [-0.4, -0.2) is 13.0 Å². The molecule has 0 unspecified atom stereocenters. The number of carbonyl (C=O) groups excluding carboxylic acids is 1. The highest BCUT2D eigenvalue weighted by molar-refractivity contribution is 14.1. The highest BCUT2D eigenvalue weighted by atomic mass is 127. The molecule has 0 spiro atoms. The van der Waals surface area contributed by atoms with Crippen molar-refractivity contribution < 1.29 is 18.7 Å². The Morgan fingerprint density at radius 3 is 2.67 bits per heavy atom. The third kappa shape index (κ3) is 4.93. The second-order valence-corrected chi connectivity index (χ2v) is 5.95. The lowest BCUT2D eigenvalue weighted by molar-refractivity contribution is -0.116. The van der Waals surface area contributed by atoms with E-state index in [0.717, 1.165) is 14.7 Å². The van der Waals surface area contributed by atoms with Gasteiger partial charge in [0, 0.05) is 6.08 Å². The van der Waals surface area contributed by atoms with Gasteiger partial charge in [-0.15, -0.1) is 0 Å². The minimum absolute atomic E-state index is 0.288. The summed E-state index contributed by atoms with van der Waals surface area (Å²) in [6.07, 6.45) is 2.94. The van der Waals surface area contributed by atoms with Gasteiger partial charge in [-0.2, -0.15) is 0 Å². The smallest absolute Gasteiger partial charge is 0.257 e. The molecule has 0 aliphatic heterocycles. The Bertz CT molecular complexity index is 748. The summed E-state index contributed by atoms with van der Waals surface area (Å²) in [5, 5.41) is 0. The maximum absolute atomic E-state index is 12.9. The average Bonchev–Trinajstić information content (AvgIpc) is 2.59. The van der Waals surface area contributed by atoms with Crippen LogP contribution in [0.3, 0.4) is 0 Å². The summed E-state index contributed by atoms with van der Waals surface area (Å²) in [5.41, 5.74) is 3.64. The summed E-state index contributed by atoms with van der Waals surface area (Å²) >= 11 is 2.13. The lowest BCUT2D eigenvalue weighted by Crippen LogP contribution is -2.27. The van der Waals surface area contributed by atoms with E-state index in [1.807, 2.05) is 11.5 Å². The largest absolute Gasteiger partial charge is 0.493 e. The van der Waals surface area contributed by atoms with Crippen LogP contribution in [0, 0.1) is 9.39 Å². The summed E-state index contributed by atoms with van der Waals surface area (Å²) in [5.74, 6) is 5.46. The second-order valence-electron chi connectivity index (χ2n) is 4.79. The maximum atomic E-state index is 12.9. The zero-order chi connectivity index (χ0) is 17.5. The van der Waals surface area contributed by atoms with E-state index in [1.165, 1.54) is 25.3 Å². The molecule has 1 amide bonds. The Labute approximate surface area is 152 Å². The van der Waals surface area contributed by atoms with Crippen LogP contribution in [0.4, 0.5) is 4.39 Å². The summed E-state index contributed by atoms with van der Waals surface area (Å²) in [6, 6.07) is 9.70. The molecule has 3 N–H and O–H groups in total. The van der Waals surface area contributed by atoms with Crippen LogP contribution in [0.25, 0.3) is 6.08 Å². The molecule has 0 aromatic heterocycles. The molecule has 126 valence electrons. The van der Waals surface area contributed by atoms with E-state index in [4.69, 9.17) is 15.3 Å². The Balaban J connectivity index is 2.18. The van der Waals surface area contributed by atoms with Crippen molar-refractivity contribution in [3.8, 4) is 11.5 Å². The van der Waals surface area contributed by atoms with E-state index >= 15 is 0 Å². The number of amides is 1. The van der Waals surface area contributed by atoms with Crippen LogP contribution in [0.15, 0.2) is 42.5 Å². The zero-order valence-corrected chi connectivity index (χ0v) is 15.0. The number of hydrazine groups is 1. The number of hydrogen-bond acceptors (Lipinski definition) is 4. The van der Waals surface area contributed by atoms with Gasteiger partial charge in [-0.3, -0.25) is 10.2 Å². The first kappa shape index (κ1) is 18.2. The summed E-state index contributed by atoms with van der Waals surface area (Å²) in [7, 11) is 1.54. The number of carbonyl (C=O) groups is 1. The fraction of sp³-hybridized carbons (Fsp3) is 0.118. The molecule has 0 atom stereocenters. The predicted octanol–water partition coefficient (Wildman–Crippen LogP) is 3.02. The number of halogens is 2. The lowest BCUT2D eigenvalue weighted by Gasteiger charge is -2.13. The van der Waals surface area contributed by atoms with Gasteiger partial charge in [0.25, 0.3) is 5.91 Å². The van der Waals surface area contributed by atoms with Crippen LogP contribution in [0.5, 0.6) is 11.5 Å². The van der Waals surface area contributed by atoms with Gasteiger partial charge in [0.05, 0.1) is 10.7 Å². The number of nitrogens with one attached hydrogen (secondary N) is 1. The fourth-order valence-electron chi connectivity index (χ4n) is 1.93. The summed E-state index contributed by atoms with van der Waals surface area (Å²) < 4.78 is 24.9. The average molecular weight is 442 g/mol. The fourth-order valence-corrected chi connectivity index (χ4v) is 2.71. The third-order valence-electron chi connectivity index (χ3n) is 3.12. The zero-order valence-electron chi connectivity index (χ0n) is 12.9. The molecule has 0 heterocycles. The van der Waals surface area contributed by atoms with Crippen molar-refractivity contribution in [2.24, 2.45) is 5.84 Å². The second kappa shape index (κ2) is 8.65. The van der Waals surface area contributed by atoms with Crippen molar-refractivity contribution in [1.82, 2.24) is 5.43 Å². The Kier molecular flexibility index (Phi) is 6.56. The van der Waals surface area contributed by atoms with Crippen LogP contribution >= 0.6 is 22.6 Å². The van der Waals surface area contributed by atoms with Crippen LogP contribution in [-0.2, 0) is 11.4 Å². The van der Waals surface area contributed by atoms with Crippen molar-refractivity contribution in [2.75, 3.05) is 7.11 Å². The van der Waals surface area contributed by atoms with Gasteiger partial charge in [0.2, 0.25) is 0 Å². The molecule has 7 heteroatoms. The van der Waals surface area contributed by atoms with Gasteiger partial charge in [-0.05, 0) is 64.1 Å². The van der Waals surface area contributed by atoms with E-state index in [9.17, 15) is 9.18 Å². The van der Waals surface area contributed by atoms with Crippen molar-refractivity contribution in [1.29, 1.82) is 0 Å². The Morgan fingerprint density at radius 1 is 1.33 bits per heavy atom. The lowest BCUT2D eigenvalue weighted by atomic mass is 10.2. The van der Waals surface area contributed by atoms with Crippen molar-refractivity contribution in [3.05, 3.63) is 63.0 Å². The summed E-state index contributed by atoms with van der Waals surface area (Å²) in [4.78, 5) is 11.2. The molecule has 2 rings (SSSR count). The first-order chi connectivity index (χ1) is 11.5. The predicted molar refractivity (Wildman–Crippen MR) is 97.8 cm³/mol. The molecule has 0 aliphatic rings. The SMILES string of the molecule is COc1cc(/C=C/C(=O)NN)cc(I)c1OCc1ccc(F)cc1. The number of rotatable bonds is 6. The van der Waals surface area contributed by atoms with E-state index < -0.39 is 5.91 Å². The first-order valence-corrected chi connectivity index (χ1v) is 8.04. The number of methoxy groups -OCH3 is 1. The molecule has 5 nitrogen and oxygen atoms in total. The van der Waals surface area contributed by atoms with Gasteiger partial charge in [0.15, 0.2) is 11.5 Å². The minimum Gasteiger partial charge on any atom is -0.493 e. The molecule has 0 saturated heterocycles. The Morgan fingerprint density at radius 2 is 2.04 bits per heavy atom. The standard InChI is InChI=1S/C17H16FIN2O3/c1-23-15-9-12(4-7-16(22)21-20)8-14(19)17(15)24-10-11-2-5-13(18)6-3-11/h2-9H,10,20H2,1H3,(H,21,22)/b7-4+. The first-order valence-electron chi connectivity index (χ1n) is 6.97. The molecule has 24 heavy (non-hydrogen) atoms. The highest BCUT2D eigenvalue weighted by Crippen LogP contribution is 2.35. The van der Waals surface area contributed by atoms with Crippen LogP contribution < -0.4 is 20.7 Å². The highest BCUT2D eigenvalue weighted by Gasteiger charge is 2.11. The molecule has 2 aromatic rings. The number of hydrogen-bond donors (Lipinski definition) is 2. The summed E-state index contributed by atoms with van der Waals surface area (Å²) in [6.45, 7) is 0.289. The van der Waals surface area contributed by atoms with Gasteiger partial charge in [-0.25, -0.2) is 10.2 Å².